The number of nitrogens with zero attached hydrogens (tertiary/aromatic N) is 1. The van der Waals surface area contributed by atoms with Crippen LogP contribution in [-0.2, 0) is 16.1 Å². The van der Waals surface area contributed by atoms with Crippen LogP contribution in [0.4, 0.5) is 4.79 Å². The minimum absolute atomic E-state index is 0.119. The molecule has 1 amide bonds. The van der Waals surface area contributed by atoms with Gasteiger partial charge in [-0.1, -0.05) is 36.4 Å². The van der Waals surface area contributed by atoms with E-state index in [4.69, 9.17) is 9.84 Å². The first-order valence-corrected chi connectivity index (χ1v) is 7.16. The summed E-state index contributed by atoms with van der Waals surface area (Å²) in [5, 5.41) is 11.6. The molecule has 0 aliphatic rings. The van der Waals surface area contributed by atoms with E-state index >= 15 is 0 Å². The molecule has 2 rings (SSSR count). The van der Waals surface area contributed by atoms with Crippen molar-refractivity contribution in [3.8, 4) is 0 Å². The summed E-state index contributed by atoms with van der Waals surface area (Å²) in [6.45, 7) is 2.00. The molecule has 1 heterocycles. The van der Waals surface area contributed by atoms with Crippen molar-refractivity contribution in [3.05, 3.63) is 65.5 Å². The molecular formula is C17H18N2O4. The van der Waals surface area contributed by atoms with E-state index in [1.54, 1.807) is 12.3 Å². The average molecular weight is 314 g/mol. The SMILES string of the molecule is Cc1ccc([C@H](CC(=O)O)NC(=O)OCc2ccccc2)nc1. The van der Waals surface area contributed by atoms with Gasteiger partial charge in [-0.25, -0.2) is 4.79 Å². The van der Waals surface area contributed by atoms with Crippen molar-refractivity contribution < 1.29 is 19.4 Å². The summed E-state index contributed by atoms with van der Waals surface area (Å²) in [5.74, 6) is -1.03. The Morgan fingerprint density at radius 2 is 1.96 bits per heavy atom. The molecule has 120 valence electrons. The van der Waals surface area contributed by atoms with Gasteiger partial charge in [0.1, 0.15) is 6.61 Å². The highest BCUT2D eigenvalue weighted by molar-refractivity contribution is 5.71. The van der Waals surface area contributed by atoms with Crippen molar-refractivity contribution in [2.24, 2.45) is 0 Å². The average Bonchev–Trinajstić information content (AvgIpc) is 2.53. The molecule has 0 aliphatic carbocycles. The van der Waals surface area contributed by atoms with Gasteiger partial charge < -0.3 is 15.2 Å². The zero-order valence-electron chi connectivity index (χ0n) is 12.7. The van der Waals surface area contributed by atoms with E-state index in [-0.39, 0.29) is 13.0 Å². The third-order valence-corrected chi connectivity index (χ3v) is 3.17. The molecule has 2 N–H and O–H groups in total. The van der Waals surface area contributed by atoms with Gasteiger partial charge in [-0.15, -0.1) is 0 Å². The second kappa shape index (κ2) is 7.93. The van der Waals surface area contributed by atoms with E-state index in [1.807, 2.05) is 43.3 Å². The van der Waals surface area contributed by atoms with Gasteiger partial charge in [-0.05, 0) is 24.1 Å². The molecule has 0 saturated heterocycles. The van der Waals surface area contributed by atoms with Crippen LogP contribution in [-0.4, -0.2) is 22.2 Å². The predicted molar refractivity (Wildman–Crippen MR) is 83.7 cm³/mol. The third-order valence-electron chi connectivity index (χ3n) is 3.17. The second-order valence-corrected chi connectivity index (χ2v) is 5.12. The van der Waals surface area contributed by atoms with E-state index in [0.29, 0.717) is 5.69 Å². The molecule has 6 heteroatoms. The topological polar surface area (TPSA) is 88.5 Å². The normalized spacial score (nSPS) is 11.5. The molecule has 1 aromatic carbocycles. The van der Waals surface area contributed by atoms with E-state index in [1.165, 1.54) is 0 Å². The maximum absolute atomic E-state index is 11.9. The van der Waals surface area contributed by atoms with Crippen LogP contribution >= 0.6 is 0 Å². The number of aryl methyl sites for hydroxylation is 1. The molecule has 0 unspecified atom stereocenters. The lowest BCUT2D eigenvalue weighted by Gasteiger charge is -2.16. The number of rotatable bonds is 6. The summed E-state index contributed by atoms with van der Waals surface area (Å²) in [6, 6.07) is 12.0. The first kappa shape index (κ1) is 16.5. The van der Waals surface area contributed by atoms with Crippen molar-refractivity contribution in [3.63, 3.8) is 0 Å². The lowest BCUT2D eigenvalue weighted by Crippen LogP contribution is -2.31. The lowest BCUT2D eigenvalue weighted by molar-refractivity contribution is -0.137. The number of pyridine rings is 1. The highest BCUT2D eigenvalue weighted by Crippen LogP contribution is 2.15. The van der Waals surface area contributed by atoms with Crippen LogP contribution < -0.4 is 5.32 Å². The Bertz CT molecular complexity index is 656. The van der Waals surface area contributed by atoms with Gasteiger partial charge in [0, 0.05) is 6.20 Å². The number of amides is 1. The number of benzene rings is 1. The Labute approximate surface area is 134 Å². The predicted octanol–water partition coefficient (Wildman–Crippen LogP) is 2.83. The molecule has 0 radical (unpaired) electrons. The Kier molecular flexibility index (Phi) is 5.68. The molecular weight excluding hydrogens is 296 g/mol. The number of nitrogens with one attached hydrogen (secondary N) is 1. The summed E-state index contributed by atoms with van der Waals surface area (Å²) in [6.07, 6.45) is 0.681. The van der Waals surface area contributed by atoms with Gasteiger partial charge in [0.15, 0.2) is 0 Å². The Balaban J connectivity index is 1.98. The number of carboxylic acids is 1. The number of aromatic nitrogens is 1. The summed E-state index contributed by atoms with van der Waals surface area (Å²) >= 11 is 0. The number of carbonyl (C=O) groups excluding carboxylic acids is 1. The van der Waals surface area contributed by atoms with Crippen LogP contribution in [0, 0.1) is 6.92 Å². The smallest absolute Gasteiger partial charge is 0.408 e. The van der Waals surface area contributed by atoms with Crippen molar-refractivity contribution in [1.82, 2.24) is 10.3 Å². The van der Waals surface area contributed by atoms with Crippen molar-refractivity contribution in [2.75, 3.05) is 0 Å². The number of carbonyl (C=O) groups is 2. The summed E-state index contributed by atoms with van der Waals surface area (Å²) in [4.78, 5) is 27.1. The Hall–Kier alpha value is -2.89. The van der Waals surface area contributed by atoms with E-state index in [2.05, 4.69) is 10.3 Å². The highest BCUT2D eigenvalue weighted by Gasteiger charge is 2.20. The van der Waals surface area contributed by atoms with Crippen molar-refractivity contribution >= 4 is 12.1 Å². The lowest BCUT2D eigenvalue weighted by atomic mass is 10.1. The minimum Gasteiger partial charge on any atom is -0.481 e. The minimum atomic E-state index is -1.03. The number of carboxylic acid groups (broad SMARTS) is 1. The number of hydrogen-bond acceptors (Lipinski definition) is 4. The quantitative estimate of drug-likeness (QED) is 0.856. The molecule has 0 spiro atoms. The van der Waals surface area contributed by atoms with Gasteiger partial charge in [0.2, 0.25) is 0 Å². The van der Waals surface area contributed by atoms with Crippen LogP contribution in [0.3, 0.4) is 0 Å². The number of alkyl carbamates (subject to hydrolysis) is 1. The molecule has 0 aliphatic heterocycles. The number of aliphatic carboxylic acids is 1. The highest BCUT2D eigenvalue weighted by atomic mass is 16.5. The van der Waals surface area contributed by atoms with E-state index < -0.39 is 18.1 Å². The van der Waals surface area contributed by atoms with Crippen molar-refractivity contribution in [1.29, 1.82) is 0 Å². The third kappa shape index (κ3) is 5.43. The largest absolute Gasteiger partial charge is 0.481 e. The van der Waals surface area contributed by atoms with Crippen LogP contribution in [0.15, 0.2) is 48.7 Å². The van der Waals surface area contributed by atoms with Gasteiger partial charge in [-0.3, -0.25) is 9.78 Å². The fraction of sp³-hybridized carbons (Fsp3) is 0.235. The van der Waals surface area contributed by atoms with Gasteiger partial charge in [0.25, 0.3) is 0 Å². The molecule has 23 heavy (non-hydrogen) atoms. The molecule has 1 atom stereocenters. The van der Waals surface area contributed by atoms with Crippen LogP contribution in [0.2, 0.25) is 0 Å². The molecule has 6 nitrogen and oxygen atoms in total. The fourth-order valence-electron chi connectivity index (χ4n) is 2.00. The standard InChI is InChI=1S/C17H18N2O4/c1-12-7-8-14(18-10-12)15(9-16(20)21)19-17(22)23-11-13-5-3-2-4-6-13/h2-8,10,15H,9,11H2,1H3,(H,19,22)(H,20,21)/t15-/m0/s1. The summed E-state index contributed by atoms with van der Waals surface area (Å²) < 4.78 is 5.11. The zero-order valence-corrected chi connectivity index (χ0v) is 12.7. The molecule has 0 fully saturated rings. The second-order valence-electron chi connectivity index (χ2n) is 5.12. The molecule has 0 bridgehead atoms. The first-order valence-electron chi connectivity index (χ1n) is 7.16. The fourth-order valence-corrected chi connectivity index (χ4v) is 2.00. The Morgan fingerprint density at radius 3 is 2.57 bits per heavy atom. The first-order chi connectivity index (χ1) is 11.0. The van der Waals surface area contributed by atoms with Crippen LogP contribution in [0.5, 0.6) is 0 Å². The Morgan fingerprint density at radius 1 is 1.22 bits per heavy atom. The van der Waals surface area contributed by atoms with Gasteiger partial charge in [-0.2, -0.15) is 0 Å². The summed E-state index contributed by atoms with van der Waals surface area (Å²) in [5.41, 5.74) is 2.29. The van der Waals surface area contributed by atoms with E-state index in [0.717, 1.165) is 11.1 Å². The molecule has 2 aromatic rings. The van der Waals surface area contributed by atoms with Crippen LogP contribution in [0.25, 0.3) is 0 Å². The van der Waals surface area contributed by atoms with Crippen molar-refractivity contribution in [2.45, 2.75) is 26.0 Å². The zero-order chi connectivity index (χ0) is 16.7. The van der Waals surface area contributed by atoms with Gasteiger partial charge in [0.05, 0.1) is 18.2 Å². The molecule has 0 saturated carbocycles. The summed E-state index contributed by atoms with van der Waals surface area (Å²) in [7, 11) is 0. The molecule has 1 aromatic heterocycles. The monoisotopic (exact) mass is 314 g/mol. The number of ether oxygens (including phenoxy) is 1. The van der Waals surface area contributed by atoms with E-state index in [9.17, 15) is 9.59 Å². The van der Waals surface area contributed by atoms with Gasteiger partial charge >= 0.3 is 12.1 Å². The maximum Gasteiger partial charge on any atom is 0.408 e. The number of hydrogen-bond donors (Lipinski definition) is 2. The van der Waals surface area contributed by atoms with Crippen LogP contribution in [0.1, 0.15) is 29.3 Å². The maximum atomic E-state index is 11.9.